The summed E-state index contributed by atoms with van der Waals surface area (Å²) in [6, 6.07) is 3.75. The van der Waals surface area contributed by atoms with Gasteiger partial charge in [0.2, 0.25) is 0 Å². The highest BCUT2D eigenvalue weighted by Gasteiger charge is 2.08. The number of fused-ring (bicyclic) bond motifs is 1. The first kappa shape index (κ1) is 11.3. The molecule has 0 unspecified atom stereocenters. The van der Waals surface area contributed by atoms with Crippen LogP contribution in [0.2, 0.25) is 5.02 Å². The van der Waals surface area contributed by atoms with Gasteiger partial charge in [-0.25, -0.2) is 0 Å². The van der Waals surface area contributed by atoms with Crippen LogP contribution < -0.4 is 4.74 Å². The molecule has 1 aromatic heterocycles. The minimum atomic E-state index is 0.683. The van der Waals surface area contributed by atoms with E-state index in [9.17, 15) is 0 Å². The molecule has 2 rings (SSSR count). The van der Waals surface area contributed by atoms with E-state index in [2.05, 4.69) is 12.0 Å². The fourth-order valence-electron chi connectivity index (χ4n) is 1.63. The van der Waals surface area contributed by atoms with Crippen LogP contribution in [0.5, 0.6) is 5.75 Å². The summed E-state index contributed by atoms with van der Waals surface area (Å²) in [7, 11) is 1.90. The molecule has 0 aliphatic rings. The number of aromatic nitrogens is 2. The second-order valence-corrected chi connectivity index (χ2v) is 4.24. The van der Waals surface area contributed by atoms with E-state index in [1.165, 1.54) is 0 Å². The van der Waals surface area contributed by atoms with Gasteiger partial charge in [0, 0.05) is 12.1 Å². The monoisotopic (exact) mass is 238 g/mol. The van der Waals surface area contributed by atoms with Gasteiger partial charge in [-0.05, 0) is 18.6 Å². The zero-order valence-electron chi connectivity index (χ0n) is 9.53. The normalized spacial score (nSPS) is 10.9. The van der Waals surface area contributed by atoms with Crippen LogP contribution in [0.15, 0.2) is 18.3 Å². The number of halogens is 1. The molecule has 86 valence electrons. The van der Waals surface area contributed by atoms with Crippen LogP contribution in [0.1, 0.15) is 19.8 Å². The Hall–Kier alpha value is -1.22. The third kappa shape index (κ3) is 2.14. The average molecular weight is 239 g/mol. The second kappa shape index (κ2) is 4.74. The molecule has 2 aromatic rings. The van der Waals surface area contributed by atoms with E-state index in [0.717, 1.165) is 36.1 Å². The predicted octanol–water partition coefficient (Wildman–Crippen LogP) is 3.41. The number of aryl methyl sites for hydroxylation is 1. The molecule has 0 aliphatic carbocycles. The maximum atomic E-state index is 6.04. The van der Waals surface area contributed by atoms with Gasteiger partial charge in [-0.3, -0.25) is 4.68 Å². The Morgan fingerprint density at radius 2 is 2.25 bits per heavy atom. The van der Waals surface area contributed by atoms with E-state index < -0.39 is 0 Å². The highest BCUT2D eigenvalue weighted by Crippen LogP contribution is 2.29. The van der Waals surface area contributed by atoms with Crippen LogP contribution in [-0.4, -0.2) is 16.4 Å². The first-order valence-corrected chi connectivity index (χ1v) is 5.84. The summed E-state index contributed by atoms with van der Waals surface area (Å²) in [6.45, 7) is 2.86. The van der Waals surface area contributed by atoms with Crippen LogP contribution in [-0.2, 0) is 7.05 Å². The van der Waals surface area contributed by atoms with Crippen molar-refractivity contribution in [1.82, 2.24) is 9.78 Å². The molecule has 1 heterocycles. The number of hydrogen-bond acceptors (Lipinski definition) is 2. The SMILES string of the molecule is CCCCOc1cc(Cl)cc2c1cnn2C. The lowest BCUT2D eigenvalue weighted by Gasteiger charge is -2.07. The first-order chi connectivity index (χ1) is 7.72. The van der Waals surface area contributed by atoms with E-state index in [1.807, 2.05) is 25.4 Å². The molecule has 0 aliphatic heterocycles. The molecule has 0 N–H and O–H groups in total. The van der Waals surface area contributed by atoms with Gasteiger partial charge in [-0.2, -0.15) is 5.10 Å². The smallest absolute Gasteiger partial charge is 0.131 e. The Labute approximate surface area is 100.0 Å². The van der Waals surface area contributed by atoms with E-state index in [-0.39, 0.29) is 0 Å². The molecule has 0 fully saturated rings. The molecule has 0 atom stereocenters. The van der Waals surface area contributed by atoms with Crippen molar-refractivity contribution in [2.24, 2.45) is 7.05 Å². The lowest BCUT2D eigenvalue weighted by atomic mass is 10.2. The summed E-state index contributed by atoms with van der Waals surface area (Å²) >= 11 is 6.04. The summed E-state index contributed by atoms with van der Waals surface area (Å²) < 4.78 is 7.52. The molecule has 0 spiro atoms. The largest absolute Gasteiger partial charge is 0.493 e. The van der Waals surface area contributed by atoms with Gasteiger partial charge in [0.05, 0.1) is 23.7 Å². The van der Waals surface area contributed by atoms with Crippen LogP contribution in [0.3, 0.4) is 0 Å². The van der Waals surface area contributed by atoms with Crippen molar-refractivity contribution in [3.05, 3.63) is 23.4 Å². The van der Waals surface area contributed by atoms with Gasteiger partial charge in [-0.1, -0.05) is 24.9 Å². The zero-order valence-corrected chi connectivity index (χ0v) is 10.3. The maximum Gasteiger partial charge on any atom is 0.131 e. The minimum Gasteiger partial charge on any atom is -0.493 e. The molecule has 16 heavy (non-hydrogen) atoms. The molecule has 1 aromatic carbocycles. The van der Waals surface area contributed by atoms with E-state index in [0.29, 0.717) is 5.02 Å². The Morgan fingerprint density at radius 1 is 1.44 bits per heavy atom. The van der Waals surface area contributed by atoms with Crippen molar-refractivity contribution in [3.63, 3.8) is 0 Å². The molecule has 0 amide bonds. The number of rotatable bonds is 4. The molecular formula is C12H15ClN2O. The number of unbranched alkanes of at least 4 members (excludes halogenated alkanes) is 1. The van der Waals surface area contributed by atoms with Crippen LogP contribution >= 0.6 is 11.6 Å². The van der Waals surface area contributed by atoms with Gasteiger partial charge < -0.3 is 4.74 Å². The molecule has 0 radical (unpaired) electrons. The molecule has 3 nitrogen and oxygen atoms in total. The van der Waals surface area contributed by atoms with Crippen molar-refractivity contribution in [3.8, 4) is 5.75 Å². The summed E-state index contributed by atoms with van der Waals surface area (Å²) in [5.41, 5.74) is 0.999. The number of hydrogen-bond donors (Lipinski definition) is 0. The van der Waals surface area contributed by atoms with Crippen molar-refractivity contribution < 1.29 is 4.74 Å². The van der Waals surface area contributed by atoms with Gasteiger partial charge in [0.15, 0.2) is 0 Å². The molecular weight excluding hydrogens is 224 g/mol. The lowest BCUT2D eigenvalue weighted by Crippen LogP contribution is -1.97. The summed E-state index contributed by atoms with van der Waals surface area (Å²) in [5, 5.41) is 5.90. The lowest BCUT2D eigenvalue weighted by molar-refractivity contribution is 0.313. The minimum absolute atomic E-state index is 0.683. The van der Waals surface area contributed by atoms with Gasteiger partial charge in [0.25, 0.3) is 0 Å². The number of benzene rings is 1. The first-order valence-electron chi connectivity index (χ1n) is 5.46. The molecule has 0 bridgehead atoms. The summed E-state index contributed by atoms with van der Waals surface area (Å²) in [5.74, 6) is 0.823. The molecule has 4 heteroatoms. The Balaban J connectivity index is 2.35. The highest BCUT2D eigenvalue weighted by atomic mass is 35.5. The third-order valence-electron chi connectivity index (χ3n) is 2.55. The molecule has 0 saturated carbocycles. The fraction of sp³-hybridized carbons (Fsp3) is 0.417. The topological polar surface area (TPSA) is 27.1 Å². The van der Waals surface area contributed by atoms with Crippen molar-refractivity contribution >= 4 is 22.5 Å². The van der Waals surface area contributed by atoms with Crippen molar-refractivity contribution in [2.45, 2.75) is 19.8 Å². The standard InChI is InChI=1S/C12H15ClN2O/c1-3-4-5-16-12-7-9(13)6-11-10(12)8-14-15(11)2/h6-8H,3-5H2,1-2H3. The van der Waals surface area contributed by atoms with Gasteiger partial charge in [-0.15, -0.1) is 0 Å². The Morgan fingerprint density at radius 3 is 3.00 bits per heavy atom. The number of nitrogens with zero attached hydrogens (tertiary/aromatic N) is 2. The van der Waals surface area contributed by atoms with E-state index in [4.69, 9.17) is 16.3 Å². The van der Waals surface area contributed by atoms with E-state index in [1.54, 1.807) is 4.68 Å². The van der Waals surface area contributed by atoms with E-state index >= 15 is 0 Å². The average Bonchev–Trinajstić information content (AvgIpc) is 2.61. The Bertz CT molecular complexity index is 493. The van der Waals surface area contributed by atoms with Gasteiger partial charge in [0.1, 0.15) is 5.75 Å². The predicted molar refractivity (Wildman–Crippen MR) is 66.1 cm³/mol. The van der Waals surface area contributed by atoms with Crippen molar-refractivity contribution in [2.75, 3.05) is 6.61 Å². The Kier molecular flexibility index (Phi) is 3.34. The fourth-order valence-corrected chi connectivity index (χ4v) is 1.83. The summed E-state index contributed by atoms with van der Waals surface area (Å²) in [4.78, 5) is 0. The number of ether oxygens (including phenoxy) is 1. The van der Waals surface area contributed by atoms with Crippen LogP contribution in [0.4, 0.5) is 0 Å². The highest BCUT2D eigenvalue weighted by molar-refractivity contribution is 6.31. The molecule has 0 saturated heterocycles. The van der Waals surface area contributed by atoms with Gasteiger partial charge >= 0.3 is 0 Å². The second-order valence-electron chi connectivity index (χ2n) is 3.81. The zero-order chi connectivity index (χ0) is 11.5. The van der Waals surface area contributed by atoms with Crippen LogP contribution in [0.25, 0.3) is 10.9 Å². The van der Waals surface area contributed by atoms with Crippen molar-refractivity contribution in [1.29, 1.82) is 0 Å². The maximum absolute atomic E-state index is 6.04. The third-order valence-corrected chi connectivity index (χ3v) is 2.77. The summed E-state index contributed by atoms with van der Waals surface area (Å²) in [6.07, 6.45) is 3.98. The quantitative estimate of drug-likeness (QED) is 0.764. The van der Waals surface area contributed by atoms with Crippen LogP contribution in [0, 0.1) is 0 Å².